The van der Waals surface area contributed by atoms with Gasteiger partial charge in [0.2, 0.25) is 5.89 Å². The summed E-state index contributed by atoms with van der Waals surface area (Å²) in [5.74, 6) is 2.55. The van der Waals surface area contributed by atoms with Crippen molar-refractivity contribution in [3.63, 3.8) is 0 Å². The molecule has 0 amide bonds. The molecule has 1 aliphatic heterocycles. The number of piperidine rings is 1. The summed E-state index contributed by atoms with van der Waals surface area (Å²) in [6.45, 7) is 4.15. The third kappa shape index (κ3) is 2.63. The number of anilines is 1. The van der Waals surface area contributed by atoms with Crippen molar-refractivity contribution in [1.82, 2.24) is 34.2 Å². The van der Waals surface area contributed by atoms with E-state index in [1.54, 1.807) is 17.9 Å². The minimum Gasteiger partial charge on any atom is -0.370 e. The van der Waals surface area contributed by atoms with Crippen molar-refractivity contribution in [3.8, 4) is 0 Å². The van der Waals surface area contributed by atoms with Gasteiger partial charge in [0, 0.05) is 31.7 Å². The Hall–Kier alpha value is -3.56. The second-order valence-electron chi connectivity index (χ2n) is 8.17. The summed E-state index contributed by atoms with van der Waals surface area (Å²) >= 11 is 0. The van der Waals surface area contributed by atoms with E-state index in [0.29, 0.717) is 34.8 Å². The fraction of sp³-hybridized carbons (Fsp3) is 0.400. The highest BCUT2D eigenvalue weighted by molar-refractivity contribution is 5.68. The number of pyridine rings is 1. The Morgan fingerprint density at radius 1 is 1.13 bits per heavy atom. The summed E-state index contributed by atoms with van der Waals surface area (Å²) in [6.07, 6.45) is 4.99. The SMILES string of the molecule is Cc1ccc(N2C[C@@H]3C(c4noc(Cn5cnc6ncn(C)c6c5=O)n4)[C@@H]3C2)cn1. The zero-order valence-electron chi connectivity index (χ0n) is 16.6. The molecule has 152 valence electrons. The number of hydrogen-bond donors (Lipinski definition) is 0. The van der Waals surface area contributed by atoms with Crippen LogP contribution in [0.4, 0.5) is 5.69 Å². The number of rotatable bonds is 4. The average Bonchev–Trinajstić information content (AvgIpc) is 3.16. The second-order valence-corrected chi connectivity index (χ2v) is 8.17. The molecule has 2 aliphatic rings. The number of aromatic nitrogens is 7. The van der Waals surface area contributed by atoms with Gasteiger partial charge in [0.15, 0.2) is 17.0 Å². The van der Waals surface area contributed by atoms with Crippen molar-refractivity contribution in [1.29, 1.82) is 0 Å². The first-order valence-corrected chi connectivity index (χ1v) is 9.95. The van der Waals surface area contributed by atoms with Gasteiger partial charge in [0.1, 0.15) is 12.9 Å². The zero-order valence-corrected chi connectivity index (χ0v) is 16.6. The lowest BCUT2D eigenvalue weighted by atomic mass is 10.2. The van der Waals surface area contributed by atoms with Crippen molar-refractivity contribution in [2.75, 3.05) is 18.0 Å². The van der Waals surface area contributed by atoms with E-state index in [9.17, 15) is 4.79 Å². The lowest BCUT2D eigenvalue weighted by Gasteiger charge is -2.21. The Morgan fingerprint density at radius 2 is 1.93 bits per heavy atom. The van der Waals surface area contributed by atoms with Crippen LogP contribution < -0.4 is 10.5 Å². The molecule has 1 saturated heterocycles. The number of imidazole rings is 1. The maximum Gasteiger partial charge on any atom is 0.280 e. The molecule has 10 nitrogen and oxygen atoms in total. The fourth-order valence-corrected chi connectivity index (χ4v) is 4.56. The Morgan fingerprint density at radius 3 is 2.70 bits per heavy atom. The molecule has 0 N–H and O–H groups in total. The Kier molecular flexibility index (Phi) is 3.59. The van der Waals surface area contributed by atoms with Gasteiger partial charge in [-0.05, 0) is 30.9 Å². The first-order chi connectivity index (χ1) is 14.6. The maximum atomic E-state index is 12.7. The lowest BCUT2D eigenvalue weighted by molar-refractivity contribution is 0.363. The van der Waals surface area contributed by atoms with E-state index in [0.717, 1.165) is 30.3 Å². The number of fused-ring (bicyclic) bond motifs is 2. The summed E-state index contributed by atoms with van der Waals surface area (Å²) in [7, 11) is 1.77. The molecular formula is C20H20N8O2. The van der Waals surface area contributed by atoms with E-state index in [4.69, 9.17) is 4.52 Å². The van der Waals surface area contributed by atoms with Crippen LogP contribution in [0.25, 0.3) is 11.2 Å². The van der Waals surface area contributed by atoms with E-state index in [1.807, 2.05) is 19.2 Å². The van der Waals surface area contributed by atoms with Gasteiger partial charge in [-0.3, -0.25) is 14.3 Å². The van der Waals surface area contributed by atoms with Crippen molar-refractivity contribution in [3.05, 3.63) is 58.7 Å². The smallest absolute Gasteiger partial charge is 0.280 e. The average molecular weight is 404 g/mol. The summed E-state index contributed by atoms with van der Waals surface area (Å²) in [4.78, 5) is 32.4. The van der Waals surface area contributed by atoms with Gasteiger partial charge >= 0.3 is 0 Å². The predicted octanol–water partition coefficient (Wildman–Crippen LogP) is 1.11. The maximum absolute atomic E-state index is 12.7. The molecule has 5 heterocycles. The van der Waals surface area contributed by atoms with Crippen LogP contribution in [0.15, 0.2) is 40.3 Å². The molecule has 1 aliphatic carbocycles. The second kappa shape index (κ2) is 6.22. The van der Waals surface area contributed by atoms with Crippen molar-refractivity contribution in [2.45, 2.75) is 19.4 Å². The monoisotopic (exact) mass is 404 g/mol. The Labute approximate surface area is 171 Å². The largest absolute Gasteiger partial charge is 0.370 e. The highest BCUT2D eigenvalue weighted by atomic mass is 16.5. The number of hydrogen-bond acceptors (Lipinski definition) is 8. The first kappa shape index (κ1) is 17.3. The topological polar surface area (TPSA) is 108 Å². The molecule has 1 unspecified atom stereocenters. The molecule has 10 heteroatoms. The molecule has 1 saturated carbocycles. The van der Waals surface area contributed by atoms with E-state index in [1.165, 1.54) is 10.9 Å². The van der Waals surface area contributed by atoms with Crippen LogP contribution in [-0.2, 0) is 13.6 Å². The van der Waals surface area contributed by atoms with Crippen molar-refractivity contribution >= 4 is 16.9 Å². The first-order valence-electron chi connectivity index (χ1n) is 9.95. The molecule has 2 fully saturated rings. The van der Waals surface area contributed by atoms with E-state index in [-0.39, 0.29) is 12.1 Å². The molecule has 0 spiro atoms. The summed E-state index contributed by atoms with van der Waals surface area (Å²) < 4.78 is 8.59. The van der Waals surface area contributed by atoms with Crippen LogP contribution in [0, 0.1) is 18.8 Å². The highest BCUT2D eigenvalue weighted by Crippen LogP contribution is 2.57. The van der Waals surface area contributed by atoms with Crippen LogP contribution in [0.2, 0.25) is 0 Å². The third-order valence-corrected chi connectivity index (χ3v) is 6.24. The Bertz CT molecular complexity index is 1290. The number of nitrogens with zero attached hydrogens (tertiary/aromatic N) is 8. The predicted molar refractivity (Wildman–Crippen MR) is 107 cm³/mol. The van der Waals surface area contributed by atoms with Crippen LogP contribution in [0.3, 0.4) is 0 Å². The van der Waals surface area contributed by atoms with Gasteiger partial charge < -0.3 is 14.0 Å². The minimum atomic E-state index is -0.176. The molecular weight excluding hydrogens is 384 g/mol. The molecule has 6 rings (SSSR count). The van der Waals surface area contributed by atoms with Gasteiger partial charge in [0.25, 0.3) is 5.56 Å². The van der Waals surface area contributed by atoms with E-state index in [2.05, 4.69) is 36.1 Å². The Balaban J connectivity index is 1.16. The number of aryl methyl sites for hydroxylation is 2. The molecule has 0 radical (unpaired) electrons. The van der Waals surface area contributed by atoms with Gasteiger partial charge in [0.05, 0.1) is 18.2 Å². The van der Waals surface area contributed by atoms with Crippen molar-refractivity contribution < 1.29 is 4.52 Å². The van der Waals surface area contributed by atoms with Crippen LogP contribution in [-0.4, -0.2) is 47.3 Å². The van der Waals surface area contributed by atoms with Crippen LogP contribution in [0.1, 0.15) is 23.3 Å². The summed E-state index contributed by atoms with van der Waals surface area (Å²) in [5, 5.41) is 4.20. The molecule has 0 aromatic carbocycles. The van der Waals surface area contributed by atoms with Gasteiger partial charge in [-0.1, -0.05) is 5.16 Å². The molecule has 30 heavy (non-hydrogen) atoms. The normalized spacial score (nSPS) is 22.6. The van der Waals surface area contributed by atoms with Gasteiger partial charge in [-0.2, -0.15) is 4.98 Å². The fourth-order valence-electron chi connectivity index (χ4n) is 4.56. The van der Waals surface area contributed by atoms with Crippen molar-refractivity contribution in [2.24, 2.45) is 18.9 Å². The molecule has 0 bridgehead atoms. The third-order valence-electron chi connectivity index (χ3n) is 6.24. The summed E-state index contributed by atoms with van der Waals surface area (Å²) in [6, 6.07) is 4.17. The highest BCUT2D eigenvalue weighted by Gasteiger charge is 2.58. The lowest BCUT2D eigenvalue weighted by Crippen LogP contribution is -2.24. The minimum absolute atomic E-state index is 0.176. The molecule has 4 aromatic heterocycles. The van der Waals surface area contributed by atoms with Gasteiger partial charge in [-0.25, -0.2) is 9.97 Å². The molecule has 4 aromatic rings. The van der Waals surface area contributed by atoms with Crippen LogP contribution >= 0.6 is 0 Å². The standard InChI is InChI=1S/C20H20N8O2/c1-11-3-4-12(5-21-11)27-6-13-14(7-27)16(13)18-24-15(30-25-18)8-28-10-23-19-17(20(28)29)26(2)9-22-19/h3-5,9-10,13-14,16H,6-8H2,1-2H3/t13-,14+,16?. The summed E-state index contributed by atoms with van der Waals surface area (Å²) in [5.41, 5.74) is 2.91. The molecule has 3 atom stereocenters. The van der Waals surface area contributed by atoms with Gasteiger partial charge in [-0.15, -0.1) is 0 Å². The van der Waals surface area contributed by atoms with E-state index < -0.39 is 0 Å². The van der Waals surface area contributed by atoms with E-state index >= 15 is 0 Å². The quantitative estimate of drug-likeness (QED) is 0.498. The zero-order chi connectivity index (χ0) is 20.4. The van der Waals surface area contributed by atoms with Crippen LogP contribution in [0.5, 0.6) is 0 Å².